The molecule has 0 aromatic carbocycles. The number of carboxylic acids is 1. The maximum absolute atomic E-state index is 11.5. The molecule has 6 heteroatoms. The molecule has 1 aromatic heterocycles. The van der Waals surface area contributed by atoms with E-state index >= 15 is 0 Å². The third-order valence-electron chi connectivity index (χ3n) is 2.55. The van der Waals surface area contributed by atoms with Crippen LogP contribution in [0.4, 0.5) is 5.82 Å². The molecule has 0 saturated heterocycles. The van der Waals surface area contributed by atoms with Gasteiger partial charge in [-0.15, -0.1) is 0 Å². The minimum absolute atomic E-state index is 0.0919. The van der Waals surface area contributed by atoms with Gasteiger partial charge in [0, 0.05) is 19.8 Å². The van der Waals surface area contributed by atoms with Gasteiger partial charge in [0.25, 0.3) is 0 Å². The Morgan fingerprint density at radius 1 is 1.37 bits per heavy atom. The van der Waals surface area contributed by atoms with Crippen LogP contribution in [0.25, 0.3) is 0 Å². The second-order valence-corrected chi connectivity index (χ2v) is 4.43. The normalized spacial score (nSPS) is 10.1. The highest BCUT2D eigenvalue weighted by molar-refractivity contribution is 5.89. The average Bonchev–Trinajstić information content (AvgIpc) is 2.35. The summed E-state index contributed by atoms with van der Waals surface area (Å²) in [5.74, 6) is -0.681. The van der Waals surface area contributed by atoms with Crippen LogP contribution in [-0.4, -0.2) is 47.5 Å². The van der Waals surface area contributed by atoms with Crippen molar-refractivity contribution in [1.82, 2.24) is 9.88 Å². The smallest absolute Gasteiger partial charge is 0.335 e. The molecule has 0 atom stereocenters. The van der Waals surface area contributed by atoms with Gasteiger partial charge in [0.15, 0.2) is 0 Å². The fraction of sp³-hybridized carbons (Fsp3) is 0.462. The Balaban J connectivity index is 2.87. The highest BCUT2D eigenvalue weighted by atomic mass is 16.4. The van der Waals surface area contributed by atoms with Crippen molar-refractivity contribution >= 4 is 17.7 Å². The molecule has 0 unspecified atom stereocenters. The number of likely N-dealkylation sites (N-methyl/N-ethyl adjacent to an activating group) is 1. The molecule has 1 amide bonds. The van der Waals surface area contributed by atoms with Crippen LogP contribution in [0.3, 0.4) is 0 Å². The zero-order valence-corrected chi connectivity index (χ0v) is 11.4. The number of nitrogens with one attached hydrogen (secondary N) is 1. The van der Waals surface area contributed by atoms with E-state index in [2.05, 4.69) is 10.3 Å². The first-order valence-corrected chi connectivity index (χ1v) is 6.12. The van der Waals surface area contributed by atoms with Crippen LogP contribution in [0.5, 0.6) is 0 Å². The number of aromatic nitrogens is 1. The lowest BCUT2D eigenvalue weighted by molar-refractivity contribution is -0.126. The first-order valence-electron chi connectivity index (χ1n) is 6.12. The largest absolute Gasteiger partial charge is 0.478 e. The number of pyridine rings is 1. The van der Waals surface area contributed by atoms with Crippen molar-refractivity contribution in [3.8, 4) is 0 Å². The first kappa shape index (κ1) is 14.9. The minimum atomic E-state index is -0.998. The fourth-order valence-electron chi connectivity index (χ4n) is 1.51. The van der Waals surface area contributed by atoms with Crippen LogP contribution in [0.2, 0.25) is 0 Å². The standard InChI is InChI=1S/C13H19N3O3/c1-4-5-10-6-9(13(18)19)7-11(15-10)14-8-12(17)16(2)3/h6-7H,4-5,8H2,1-3H3,(H,14,15)(H,18,19). The third kappa shape index (κ3) is 4.57. The summed E-state index contributed by atoms with van der Waals surface area (Å²) in [6, 6.07) is 3.00. The summed E-state index contributed by atoms with van der Waals surface area (Å²) in [4.78, 5) is 28.2. The van der Waals surface area contributed by atoms with E-state index in [9.17, 15) is 9.59 Å². The monoisotopic (exact) mass is 265 g/mol. The van der Waals surface area contributed by atoms with E-state index in [4.69, 9.17) is 5.11 Å². The van der Waals surface area contributed by atoms with Crippen LogP contribution < -0.4 is 5.32 Å². The lowest BCUT2D eigenvalue weighted by Crippen LogP contribution is -2.28. The van der Waals surface area contributed by atoms with Crippen molar-refractivity contribution in [3.05, 3.63) is 23.4 Å². The van der Waals surface area contributed by atoms with Crippen molar-refractivity contribution in [2.75, 3.05) is 26.0 Å². The number of carbonyl (C=O) groups excluding carboxylic acids is 1. The van der Waals surface area contributed by atoms with Crippen LogP contribution in [0, 0.1) is 0 Å². The molecule has 0 aliphatic rings. The van der Waals surface area contributed by atoms with Gasteiger partial charge >= 0.3 is 5.97 Å². The average molecular weight is 265 g/mol. The summed E-state index contributed by atoms with van der Waals surface area (Å²) in [5, 5.41) is 11.9. The summed E-state index contributed by atoms with van der Waals surface area (Å²) in [7, 11) is 3.32. The van der Waals surface area contributed by atoms with Crippen molar-refractivity contribution in [2.45, 2.75) is 19.8 Å². The molecule has 1 aromatic rings. The van der Waals surface area contributed by atoms with E-state index in [1.54, 1.807) is 20.2 Å². The van der Waals surface area contributed by atoms with Gasteiger partial charge in [0.05, 0.1) is 12.1 Å². The predicted molar refractivity (Wildman–Crippen MR) is 72.4 cm³/mol. The number of carbonyl (C=O) groups is 2. The van der Waals surface area contributed by atoms with E-state index in [0.717, 1.165) is 6.42 Å². The zero-order chi connectivity index (χ0) is 14.4. The molecule has 2 N–H and O–H groups in total. The molecule has 104 valence electrons. The number of rotatable bonds is 6. The topological polar surface area (TPSA) is 82.5 Å². The van der Waals surface area contributed by atoms with E-state index < -0.39 is 5.97 Å². The minimum Gasteiger partial charge on any atom is -0.478 e. The molecule has 1 rings (SSSR count). The molecule has 0 bridgehead atoms. The molecule has 0 saturated carbocycles. The van der Waals surface area contributed by atoms with E-state index in [1.165, 1.54) is 11.0 Å². The summed E-state index contributed by atoms with van der Waals surface area (Å²) in [6.07, 6.45) is 1.59. The summed E-state index contributed by atoms with van der Waals surface area (Å²) in [5.41, 5.74) is 0.889. The van der Waals surface area contributed by atoms with Crippen LogP contribution >= 0.6 is 0 Å². The second kappa shape index (κ2) is 6.72. The highest BCUT2D eigenvalue weighted by Crippen LogP contribution is 2.12. The molecule has 0 radical (unpaired) electrons. The Kier molecular flexibility index (Phi) is 5.29. The fourth-order valence-corrected chi connectivity index (χ4v) is 1.51. The third-order valence-corrected chi connectivity index (χ3v) is 2.55. The van der Waals surface area contributed by atoms with Crippen LogP contribution in [0.15, 0.2) is 12.1 Å². The van der Waals surface area contributed by atoms with Gasteiger partial charge < -0.3 is 15.3 Å². The Morgan fingerprint density at radius 3 is 2.58 bits per heavy atom. The molecule has 6 nitrogen and oxygen atoms in total. The molecule has 0 fully saturated rings. The summed E-state index contributed by atoms with van der Waals surface area (Å²) < 4.78 is 0. The van der Waals surface area contributed by atoms with Crippen molar-refractivity contribution < 1.29 is 14.7 Å². The second-order valence-electron chi connectivity index (χ2n) is 4.43. The Labute approximate surface area is 112 Å². The lowest BCUT2D eigenvalue weighted by atomic mass is 10.1. The van der Waals surface area contributed by atoms with Gasteiger partial charge in [-0.1, -0.05) is 13.3 Å². The number of nitrogens with zero attached hydrogens (tertiary/aromatic N) is 2. The van der Waals surface area contributed by atoms with Crippen LogP contribution in [-0.2, 0) is 11.2 Å². The zero-order valence-electron chi connectivity index (χ0n) is 11.4. The van der Waals surface area contributed by atoms with Crippen molar-refractivity contribution in [1.29, 1.82) is 0 Å². The quantitative estimate of drug-likeness (QED) is 0.808. The van der Waals surface area contributed by atoms with E-state index in [0.29, 0.717) is 17.9 Å². The van der Waals surface area contributed by atoms with E-state index in [1.807, 2.05) is 6.92 Å². The van der Waals surface area contributed by atoms with E-state index in [-0.39, 0.29) is 18.0 Å². The lowest BCUT2D eigenvalue weighted by Gasteiger charge is -2.12. The maximum Gasteiger partial charge on any atom is 0.335 e. The highest BCUT2D eigenvalue weighted by Gasteiger charge is 2.09. The number of aryl methyl sites for hydroxylation is 1. The molecular weight excluding hydrogens is 246 g/mol. The first-order chi connectivity index (χ1) is 8.93. The van der Waals surface area contributed by atoms with Gasteiger partial charge in [-0.05, 0) is 18.6 Å². The van der Waals surface area contributed by atoms with Crippen molar-refractivity contribution in [3.63, 3.8) is 0 Å². The van der Waals surface area contributed by atoms with Gasteiger partial charge in [-0.2, -0.15) is 0 Å². The number of anilines is 1. The Bertz CT molecular complexity index is 472. The van der Waals surface area contributed by atoms with Gasteiger partial charge in [0.2, 0.25) is 5.91 Å². The molecular formula is C13H19N3O3. The number of carboxylic acid groups (broad SMARTS) is 1. The maximum atomic E-state index is 11.5. The van der Waals surface area contributed by atoms with Gasteiger partial charge in [0.1, 0.15) is 5.82 Å². The Morgan fingerprint density at radius 2 is 2.05 bits per heavy atom. The summed E-state index contributed by atoms with van der Waals surface area (Å²) >= 11 is 0. The molecule has 19 heavy (non-hydrogen) atoms. The number of hydrogen-bond donors (Lipinski definition) is 2. The predicted octanol–water partition coefficient (Wildman–Crippen LogP) is 1.23. The molecule has 0 aliphatic heterocycles. The number of amides is 1. The van der Waals surface area contributed by atoms with Gasteiger partial charge in [-0.3, -0.25) is 4.79 Å². The molecule has 0 spiro atoms. The molecule has 0 aliphatic carbocycles. The van der Waals surface area contributed by atoms with Gasteiger partial charge in [-0.25, -0.2) is 9.78 Å². The van der Waals surface area contributed by atoms with Crippen molar-refractivity contribution in [2.24, 2.45) is 0 Å². The summed E-state index contributed by atoms with van der Waals surface area (Å²) in [6.45, 7) is 2.09. The van der Waals surface area contributed by atoms with Crippen LogP contribution in [0.1, 0.15) is 29.4 Å². The number of aromatic carboxylic acids is 1. The SMILES string of the molecule is CCCc1cc(C(=O)O)cc(NCC(=O)N(C)C)n1. The molecule has 1 heterocycles. The Hall–Kier alpha value is -2.11. The number of hydrogen-bond acceptors (Lipinski definition) is 4.